The number of aromatic nitrogens is 2. The van der Waals surface area contributed by atoms with Gasteiger partial charge in [-0.05, 0) is 51.1 Å². The normalized spacial score (nSPS) is 11.1. The molecule has 0 unspecified atom stereocenters. The zero-order chi connectivity index (χ0) is 20.1. The van der Waals surface area contributed by atoms with E-state index in [1.54, 1.807) is 12.1 Å². The van der Waals surface area contributed by atoms with E-state index in [-0.39, 0.29) is 12.7 Å². The quantitative estimate of drug-likeness (QED) is 0.539. The van der Waals surface area contributed by atoms with Crippen molar-refractivity contribution in [3.63, 3.8) is 0 Å². The molecule has 7 heteroatoms. The van der Waals surface area contributed by atoms with Gasteiger partial charge in [-0.2, -0.15) is 4.98 Å². The Morgan fingerprint density at radius 2 is 2.00 bits per heavy atom. The molecule has 0 saturated heterocycles. The predicted octanol–water partition coefficient (Wildman–Crippen LogP) is 4.91. The van der Waals surface area contributed by atoms with Crippen molar-refractivity contribution in [3.8, 4) is 34.3 Å². The van der Waals surface area contributed by atoms with Crippen molar-refractivity contribution in [2.45, 2.75) is 33.3 Å². The summed E-state index contributed by atoms with van der Waals surface area (Å²) in [5, 5.41) is 13.5. The number of aliphatic hydroxyl groups excluding tert-OH is 1. The van der Waals surface area contributed by atoms with Crippen LogP contribution in [0.3, 0.4) is 0 Å². The number of hydrogen-bond donors (Lipinski definition) is 1. The van der Waals surface area contributed by atoms with Gasteiger partial charge in [0.05, 0.1) is 17.7 Å². The van der Waals surface area contributed by atoms with Crippen molar-refractivity contribution in [1.82, 2.24) is 10.1 Å². The maximum Gasteiger partial charge on any atom is 0.258 e. The number of hydrogen-bond acceptors (Lipinski definition) is 6. The summed E-state index contributed by atoms with van der Waals surface area (Å²) < 4.78 is 16.8. The van der Waals surface area contributed by atoms with Crippen molar-refractivity contribution in [2.75, 3.05) is 13.2 Å². The Morgan fingerprint density at radius 1 is 1.18 bits per heavy atom. The summed E-state index contributed by atoms with van der Waals surface area (Å²) in [6.07, 6.45) is 0.612. The molecule has 0 fully saturated rings. The molecule has 1 heterocycles. The molecule has 1 N–H and O–H groups in total. The van der Waals surface area contributed by atoms with Crippen molar-refractivity contribution < 1.29 is 19.1 Å². The fraction of sp³-hybridized carbons (Fsp3) is 0.333. The monoisotopic (exact) mass is 402 g/mol. The molecule has 0 radical (unpaired) electrons. The Balaban J connectivity index is 1.85. The molecule has 0 aliphatic heterocycles. The molecule has 0 amide bonds. The van der Waals surface area contributed by atoms with Crippen LogP contribution in [-0.2, 0) is 0 Å². The second kappa shape index (κ2) is 9.08. The number of nitrogens with zero attached hydrogens (tertiary/aromatic N) is 2. The van der Waals surface area contributed by atoms with E-state index in [0.29, 0.717) is 35.5 Å². The highest BCUT2D eigenvalue weighted by Gasteiger charge is 2.16. The van der Waals surface area contributed by atoms with Gasteiger partial charge in [0.1, 0.15) is 11.5 Å². The molecule has 28 heavy (non-hydrogen) atoms. The maximum absolute atomic E-state index is 8.91. The molecule has 148 valence electrons. The second-order valence-corrected chi connectivity index (χ2v) is 7.00. The van der Waals surface area contributed by atoms with E-state index >= 15 is 0 Å². The average molecular weight is 403 g/mol. The first-order valence-electron chi connectivity index (χ1n) is 9.13. The number of benzene rings is 2. The first kappa shape index (κ1) is 20.2. The molecular weight excluding hydrogens is 380 g/mol. The SMILES string of the molecule is Cc1c(OCCCO)cccc1-c1nc(-c2ccc(OC(C)C)c(Cl)c2)no1. The van der Waals surface area contributed by atoms with Crippen LogP contribution in [0.25, 0.3) is 22.8 Å². The van der Waals surface area contributed by atoms with Gasteiger partial charge in [-0.15, -0.1) is 0 Å². The molecule has 0 saturated carbocycles. The first-order chi connectivity index (χ1) is 13.5. The number of ether oxygens (including phenoxy) is 2. The largest absolute Gasteiger partial charge is 0.493 e. The fourth-order valence-corrected chi connectivity index (χ4v) is 2.91. The van der Waals surface area contributed by atoms with Crippen LogP contribution in [0.1, 0.15) is 25.8 Å². The van der Waals surface area contributed by atoms with E-state index in [9.17, 15) is 0 Å². The van der Waals surface area contributed by atoms with Crippen LogP contribution in [0.2, 0.25) is 5.02 Å². The topological polar surface area (TPSA) is 77.6 Å². The smallest absolute Gasteiger partial charge is 0.258 e. The third-order valence-corrected chi connectivity index (χ3v) is 4.35. The van der Waals surface area contributed by atoms with Gasteiger partial charge in [0.2, 0.25) is 5.82 Å². The van der Waals surface area contributed by atoms with Gasteiger partial charge in [0.15, 0.2) is 0 Å². The van der Waals surface area contributed by atoms with Crippen LogP contribution in [0.5, 0.6) is 11.5 Å². The maximum atomic E-state index is 8.91. The third-order valence-electron chi connectivity index (χ3n) is 4.05. The summed E-state index contributed by atoms with van der Waals surface area (Å²) in [6, 6.07) is 11.1. The molecule has 0 atom stereocenters. The summed E-state index contributed by atoms with van der Waals surface area (Å²) in [6.45, 7) is 6.36. The number of rotatable bonds is 8. The molecule has 0 aliphatic carbocycles. The summed E-state index contributed by atoms with van der Waals surface area (Å²) in [4.78, 5) is 4.51. The molecule has 2 aromatic carbocycles. The molecule has 6 nitrogen and oxygen atoms in total. The van der Waals surface area contributed by atoms with Gasteiger partial charge in [0.25, 0.3) is 5.89 Å². The van der Waals surface area contributed by atoms with E-state index in [2.05, 4.69) is 10.1 Å². The Labute approximate surface area is 169 Å². The summed E-state index contributed by atoms with van der Waals surface area (Å²) in [5.41, 5.74) is 2.43. The highest BCUT2D eigenvalue weighted by atomic mass is 35.5. The fourth-order valence-electron chi connectivity index (χ4n) is 2.69. The lowest BCUT2D eigenvalue weighted by molar-refractivity contribution is 0.233. The lowest BCUT2D eigenvalue weighted by Gasteiger charge is -2.11. The van der Waals surface area contributed by atoms with Gasteiger partial charge in [0, 0.05) is 29.7 Å². The van der Waals surface area contributed by atoms with Crippen molar-refractivity contribution >= 4 is 11.6 Å². The van der Waals surface area contributed by atoms with Gasteiger partial charge in [-0.1, -0.05) is 22.8 Å². The van der Waals surface area contributed by atoms with Crippen molar-refractivity contribution in [3.05, 3.63) is 47.0 Å². The van der Waals surface area contributed by atoms with E-state index < -0.39 is 0 Å². The van der Waals surface area contributed by atoms with Gasteiger partial charge < -0.3 is 19.1 Å². The lowest BCUT2D eigenvalue weighted by Crippen LogP contribution is -2.05. The van der Waals surface area contributed by atoms with Crippen LogP contribution in [0, 0.1) is 6.92 Å². The Hall–Kier alpha value is -2.57. The molecule has 3 rings (SSSR count). The van der Waals surface area contributed by atoms with Crippen LogP contribution >= 0.6 is 11.6 Å². The Morgan fingerprint density at radius 3 is 2.71 bits per heavy atom. The van der Waals surface area contributed by atoms with Crippen LogP contribution in [0.15, 0.2) is 40.9 Å². The molecule has 0 spiro atoms. The second-order valence-electron chi connectivity index (χ2n) is 6.59. The van der Waals surface area contributed by atoms with E-state index in [1.165, 1.54) is 0 Å². The number of halogens is 1. The summed E-state index contributed by atoms with van der Waals surface area (Å²) in [5.74, 6) is 2.19. The van der Waals surface area contributed by atoms with Crippen LogP contribution in [-0.4, -0.2) is 34.6 Å². The molecular formula is C21H23ClN2O4. The average Bonchev–Trinajstić information content (AvgIpc) is 3.14. The summed E-state index contributed by atoms with van der Waals surface area (Å²) in [7, 11) is 0. The third kappa shape index (κ3) is 4.64. The Kier molecular flexibility index (Phi) is 6.54. The zero-order valence-corrected chi connectivity index (χ0v) is 16.9. The van der Waals surface area contributed by atoms with Gasteiger partial charge >= 0.3 is 0 Å². The standard InChI is InChI=1S/C21H23ClN2O4/c1-13(2)27-19-9-8-15(12-17(19)22)20-23-21(28-24-20)16-6-4-7-18(14(16)3)26-11-5-10-25/h4,6-9,12-13,25H,5,10-11H2,1-3H3. The van der Waals surface area contributed by atoms with E-state index in [1.807, 2.05) is 45.0 Å². The van der Waals surface area contributed by atoms with Crippen molar-refractivity contribution in [2.24, 2.45) is 0 Å². The lowest BCUT2D eigenvalue weighted by atomic mass is 10.1. The van der Waals surface area contributed by atoms with Crippen molar-refractivity contribution in [1.29, 1.82) is 0 Å². The first-order valence-corrected chi connectivity index (χ1v) is 9.51. The molecule has 3 aromatic rings. The minimum atomic E-state index is 0.0370. The highest BCUT2D eigenvalue weighted by molar-refractivity contribution is 6.32. The zero-order valence-electron chi connectivity index (χ0n) is 16.1. The van der Waals surface area contributed by atoms with Gasteiger partial charge in [-0.3, -0.25) is 0 Å². The van der Waals surface area contributed by atoms with E-state index in [0.717, 1.165) is 22.4 Å². The van der Waals surface area contributed by atoms with Crippen LogP contribution in [0.4, 0.5) is 0 Å². The summed E-state index contributed by atoms with van der Waals surface area (Å²) >= 11 is 6.31. The minimum absolute atomic E-state index is 0.0370. The van der Waals surface area contributed by atoms with E-state index in [4.69, 9.17) is 30.7 Å². The Bertz CT molecular complexity index is 940. The molecule has 0 bridgehead atoms. The highest BCUT2D eigenvalue weighted by Crippen LogP contribution is 2.33. The van der Waals surface area contributed by atoms with Crippen LogP contribution < -0.4 is 9.47 Å². The minimum Gasteiger partial charge on any atom is -0.493 e. The van der Waals surface area contributed by atoms with Gasteiger partial charge in [-0.25, -0.2) is 0 Å². The molecule has 1 aromatic heterocycles. The molecule has 0 aliphatic rings. The predicted molar refractivity (Wildman–Crippen MR) is 108 cm³/mol. The number of aliphatic hydroxyl groups is 1.